The number of carbonyl (C=O) groups excluding carboxylic acids is 5. The zero-order chi connectivity index (χ0) is 103. The van der Waals surface area contributed by atoms with Gasteiger partial charge >= 0.3 is 24.7 Å². The molecule has 15 rings (SSSR count). The monoisotopic (exact) mass is 1980 g/mol. The van der Waals surface area contributed by atoms with Gasteiger partial charge in [0.25, 0.3) is 29.5 Å². The van der Waals surface area contributed by atoms with Crippen molar-refractivity contribution < 1.29 is 116 Å². The number of halogens is 21. The van der Waals surface area contributed by atoms with Gasteiger partial charge in [-0.2, -0.15) is 78.2 Å². The Balaban J connectivity index is 0.000000169. The summed E-state index contributed by atoms with van der Waals surface area (Å²) in [5.41, 5.74) is 11.9. The van der Waals surface area contributed by atoms with E-state index in [0.29, 0.717) is 46.4 Å². The fraction of sp³-hybridized carbons (Fsp3) is 0.184. The highest BCUT2D eigenvalue weighted by Gasteiger charge is 2.39. The average molecular weight is 1980 g/mol. The molecule has 0 saturated heterocycles. The van der Waals surface area contributed by atoms with Gasteiger partial charge in [0.2, 0.25) is 0 Å². The molecule has 5 heterocycles. The van der Waals surface area contributed by atoms with Crippen LogP contribution in [0.4, 0.5) is 132 Å². The molecular weight excluding hydrogens is 1890 g/mol. The van der Waals surface area contributed by atoms with E-state index in [0.717, 1.165) is 121 Å². The number of carbonyl (C=O) groups is 5. The molecule has 43 heteroatoms. The van der Waals surface area contributed by atoms with Crippen molar-refractivity contribution in [2.75, 3.05) is 38.1 Å². The van der Waals surface area contributed by atoms with Crippen molar-refractivity contribution in [2.24, 2.45) is 7.05 Å². The summed E-state index contributed by atoms with van der Waals surface area (Å²) in [6.07, 6.45) is -17.8. The van der Waals surface area contributed by atoms with E-state index in [-0.39, 0.29) is 110 Å². The third-order valence-corrected chi connectivity index (χ3v) is 21.1. The van der Waals surface area contributed by atoms with Crippen LogP contribution in [0.15, 0.2) is 218 Å². The van der Waals surface area contributed by atoms with Gasteiger partial charge in [-0.15, -0.1) is 0 Å². The lowest BCUT2D eigenvalue weighted by Gasteiger charge is -2.11. The number of nitrogens with zero attached hydrogens (tertiary/aromatic N) is 10. The summed E-state index contributed by atoms with van der Waals surface area (Å²) >= 11 is 0. The maximum absolute atomic E-state index is 14.7. The third-order valence-electron chi connectivity index (χ3n) is 21.1. The summed E-state index contributed by atoms with van der Waals surface area (Å²) < 4.78 is 287. The highest BCUT2D eigenvalue weighted by molar-refractivity contribution is 6.08. The highest BCUT2D eigenvalue weighted by atomic mass is 19.4. The van der Waals surface area contributed by atoms with E-state index < -0.39 is 135 Å². The third kappa shape index (κ3) is 25.4. The molecule has 736 valence electrons. The standard InChI is InChI=1S/C20H17F5N4O.C20H17F4N3O.C20H18F3N3O.C19H13F6N3O.C19H17F3N4O/c1-3-29-15(9-16(28-29)20(23,24)25)12-6-5-11(8-13(12)26)19(30)27-14-7-4-10(2)17(21)18(14)22;1-3-27-17(11-18(26-27)20(22,23)24)14-9-8-13(10-15(14)21)19(28)25-16-7-5-4-6-12(16)2;1-3-13-11-18(26(4-2)25-13)14-9-8-12(10-17(14)23)20(27)24-19-15(21)6-5-7-16(19)22;1-2-28-15(9-16(27-28)19(23,24)25)11-7-6-10(8-14(11)22)18(29)26-17-12(20)4-3-5-13(17)21;1-11-4-3-5-12(8-11)18(27)24-13-6-7-14(15(23)9-13)16-10-17(19(20,21)22)25-26(16)2/h4-9H,3,26H2,1-2H3,(H,27,30);4-11H,3H2,1-2H3,(H,25,28);5-11H,3-4H2,1-2H3,(H,24,27);3-9H,2H2,1H3,(H,26,29);3-10H,23H2,1-2H3,(H,24,27). The Hall–Kier alpha value is -16.3. The second-order valence-corrected chi connectivity index (χ2v) is 30.8. The van der Waals surface area contributed by atoms with Crippen LogP contribution in [0.3, 0.4) is 0 Å². The molecule has 5 aromatic heterocycles. The Morgan fingerprint density at radius 3 is 1.05 bits per heavy atom. The molecule has 10 aromatic carbocycles. The topological polar surface area (TPSA) is 287 Å². The van der Waals surface area contributed by atoms with Crippen LogP contribution in [0.2, 0.25) is 0 Å². The molecule has 0 aliphatic rings. The molecule has 15 aromatic rings. The molecule has 5 amide bonds. The molecule has 0 spiro atoms. The van der Waals surface area contributed by atoms with E-state index in [4.69, 9.17) is 11.5 Å². The largest absolute Gasteiger partial charge is 0.435 e. The van der Waals surface area contributed by atoms with Crippen LogP contribution >= 0.6 is 0 Å². The zero-order valence-corrected chi connectivity index (χ0v) is 75.4. The number of nitrogens with two attached hydrogens (primary N) is 2. The minimum Gasteiger partial charge on any atom is -0.398 e. The number of nitrogen functional groups attached to an aromatic ring is 2. The molecular formula is C98H82F21N17O5. The number of hydrogen-bond donors (Lipinski definition) is 7. The molecule has 0 atom stereocenters. The van der Waals surface area contributed by atoms with E-state index >= 15 is 0 Å². The number of anilines is 7. The lowest BCUT2D eigenvalue weighted by Crippen LogP contribution is -2.14. The molecule has 22 nitrogen and oxygen atoms in total. The summed E-state index contributed by atoms with van der Waals surface area (Å²) in [7, 11) is 1.41. The Bertz CT molecular complexity index is 7130. The van der Waals surface area contributed by atoms with E-state index in [9.17, 15) is 116 Å². The summed E-state index contributed by atoms with van der Waals surface area (Å²) in [5.74, 6) is -11.9. The van der Waals surface area contributed by atoms with E-state index in [1.807, 2.05) is 51.2 Å². The molecule has 0 radical (unpaired) electrons. The van der Waals surface area contributed by atoms with Crippen LogP contribution in [0, 0.1) is 73.1 Å². The number of amides is 5. The summed E-state index contributed by atoms with van der Waals surface area (Å²) in [4.78, 5) is 61.6. The minimum atomic E-state index is -4.70. The van der Waals surface area contributed by atoms with Crippen molar-refractivity contribution in [3.05, 3.63) is 344 Å². The SMILES string of the molecule is CCc1cc(-c2ccc(C(=O)Nc3c(F)cccc3F)cc2F)n(CC)n1.CCn1nc(C(F)(F)F)cc1-c1ccc(C(=O)Nc2c(F)cccc2F)cc1F.CCn1nc(C(F)(F)F)cc1-c1ccc(C(=O)Nc2ccc(C)c(F)c2F)cc1N.CCn1nc(C(F)(F)F)cc1-c1ccc(C(=O)Nc2ccccc2C)cc1F.Cc1cccc(C(=O)Nc2ccc(-c3cc(C(F)(F)F)nn3C)c(N)c2)c1. The first-order chi connectivity index (χ1) is 66.4. The van der Waals surface area contributed by atoms with Crippen molar-refractivity contribution in [3.63, 3.8) is 0 Å². The fourth-order valence-electron chi connectivity index (χ4n) is 13.8. The molecule has 9 N–H and O–H groups in total. The molecule has 0 aliphatic heterocycles. The van der Waals surface area contributed by atoms with E-state index in [1.165, 1.54) is 80.7 Å². The lowest BCUT2D eigenvalue weighted by molar-refractivity contribution is -0.142. The van der Waals surface area contributed by atoms with Crippen molar-refractivity contribution in [2.45, 2.75) is 113 Å². The first kappa shape index (κ1) is 105. The predicted molar refractivity (Wildman–Crippen MR) is 486 cm³/mol. The number of nitrogens with one attached hydrogen (secondary N) is 5. The predicted octanol–water partition coefficient (Wildman–Crippen LogP) is 24.6. The van der Waals surface area contributed by atoms with Crippen LogP contribution in [0.25, 0.3) is 56.3 Å². The summed E-state index contributed by atoms with van der Waals surface area (Å²) in [6.45, 7) is 14.7. The normalized spacial score (nSPS) is 11.4. The first-order valence-electron chi connectivity index (χ1n) is 42.3. The average Bonchev–Trinajstić information content (AvgIpc) is 1.77. The second kappa shape index (κ2) is 44.0. The van der Waals surface area contributed by atoms with Crippen LogP contribution in [-0.2, 0) is 64.4 Å². The summed E-state index contributed by atoms with van der Waals surface area (Å²) in [5, 5.41) is 30.1. The van der Waals surface area contributed by atoms with Gasteiger partial charge in [-0.1, -0.05) is 61.0 Å². The Morgan fingerprint density at radius 2 is 0.652 bits per heavy atom. The number of benzene rings is 10. The van der Waals surface area contributed by atoms with Gasteiger partial charge in [-0.3, -0.25) is 47.4 Å². The molecule has 0 fully saturated rings. The number of alkyl halides is 12. The maximum Gasteiger partial charge on any atom is 0.435 e. The first-order valence-corrected chi connectivity index (χ1v) is 42.3. The molecule has 141 heavy (non-hydrogen) atoms. The van der Waals surface area contributed by atoms with Crippen molar-refractivity contribution in [3.8, 4) is 56.3 Å². The number of rotatable bonds is 20. The molecule has 0 bridgehead atoms. The minimum absolute atomic E-state index is 0.00168. The second-order valence-electron chi connectivity index (χ2n) is 30.8. The number of para-hydroxylation sites is 3. The summed E-state index contributed by atoms with van der Waals surface area (Å²) in [6, 6.07) is 47.3. The van der Waals surface area contributed by atoms with Crippen LogP contribution < -0.4 is 38.1 Å². The van der Waals surface area contributed by atoms with Gasteiger partial charge in [0.1, 0.15) is 52.1 Å². The molecule has 0 unspecified atom stereocenters. The van der Waals surface area contributed by atoms with Crippen molar-refractivity contribution in [1.82, 2.24) is 48.9 Å². The van der Waals surface area contributed by atoms with Gasteiger partial charge in [-0.05, 0) is 236 Å². The van der Waals surface area contributed by atoms with Gasteiger partial charge in [0.05, 0.1) is 39.9 Å². The van der Waals surface area contributed by atoms with Crippen LogP contribution in [0.1, 0.15) is 132 Å². The zero-order valence-electron chi connectivity index (χ0n) is 75.4. The van der Waals surface area contributed by atoms with Gasteiger partial charge < -0.3 is 38.1 Å². The van der Waals surface area contributed by atoms with E-state index in [1.54, 1.807) is 74.0 Å². The Labute approximate surface area is 788 Å². The quantitative estimate of drug-likeness (QED) is 0.0277. The van der Waals surface area contributed by atoms with Crippen molar-refractivity contribution >= 4 is 69.3 Å². The highest BCUT2D eigenvalue weighted by Crippen LogP contribution is 2.41. The number of aromatic nitrogens is 10. The Kier molecular flexibility index (Phi) is 32.9. The van der Waals surface area contributed by atoms with Crippen molar-refractivity contribution in [1.29, 1.82) is 0 Å². The number of hydrogen-bond acceptors (Lipinski definition) is 12. The van der Waals surface area contributed by atoms with Gasteiger partial charge in [0, 0.05) is 112 Å². The molecule has 0 aliphatic carbocycles. The van der Waals surface area contributed by atoms with Crippen LogP contribution in [-0.4, -0.2) is 78.4 Å². The maximum atomic E-state index is 14.7. The molecule has 0 saturated carbocycles. The van der Waals surface area contributed by atoms with Crippen LogP contribution in [0.5, 0.6) is 0 Å². The smallest absolute Gasteiger partial charge is 0.398 e. The van der Waals surface area contributed by atoms with Gasteiger partial charge in [0.15, 0.2) is 34.4 Å². The Morgan fingerprint density at radius 1 is 0.305 bits per heavy atom. The number of aryl methyl sites for hydroxylation is 9. The fourth-order valence-corrected chi connectivity index (χ4v) is 13.8. The van der Waals surface area contributed by atoms with Gasteiger partial charge in [-0.25, -0.2) is 39.5 Å². The lowest BCUT2D eigenvalue weighted by atomic mass is 10.1. The van der Waals surface area contributed by atoms with E-state index in [2.05, 4.69) is 46.8 Å².